The molecule has 0 atom stereocenters. The van der Waals surface area contributed by atoms with Gasteiger partial charge in [-0.3, -0.25) is 4.98 Å². The van der Waals surface area contributed by atoms with Gasteiger partial charge in [0, 0.05) is 11.8 Å². The smallest absolute Gasteiger partial charge is 0.153 e. The Morgan fingerprint density at radius 3 is 2.74 bits per heavy atom. The van der Waals surface area contributed by atoms with Crippen molar-refractivity contribution in [3.8, 4) is 11.5 Å². The van der Waals surface area contributed by atoms with E-state index >= 15 is 0 Å². The number of nitrogens with zero attached hydrogens (tertiary/aromatic N) is 1. The molecule has 19 heavy (non-hydrogen) atoms. The number of aryl methyl sites for hydroxylation is 2. The van der Waals surface area contributed by atoms with Gasteiger partial charge < -0.3 is 10.5 Å². The number of benzene rings is 1. The number of aromatic nitrogens is 1. The number of nitrogen functional groups attached to an aromatic ring is 1. The van der Waals surface area contributed by atoms with Crippen molar-refractivity contribution in [1.29, 1.82) is 0 Å². The van der Waals surface area contributed by atoms with Crippen molar-refractivity contribution >= 4 is 28.3 Å². The quantitative estimate of drug-likeness (QED) is 0.653. The minimum Gasteiger partial charge on any atom is -0.453 e. The van der Waals surface area contributed by atoms with E-state index in [2.05, 4.69) is 4.98 Å². The molecule has 0 saturated heterocycles. The first-order chi connectivity index (χ1) is 9.01. The molecule has 0 aliphatic rings. The first kappa shape index (κ1) is 14.0. The van der Waals surface area contributed by atoms with Crippen molar-refractivity contribution < 1.29 is 9.13 Å². The molecule has 5 heteroatoms. The third-order valence-electron chi connectivity index (χ3n) is 2.68. The molecule has 0 amide bonds. The first-order valence-electron chi connectivity index (χ1n) is 5.90. The second-order valence-electron chi connectivity index (χ2n) is 4.16. The molecule has 0 aliphatic heterocycles. The van der Waals surface area contributed by atoms with E-state index < -0.39 is 0 Å². The monoisotopic (exact) mass is 372 g/mol. The average molecular weight is 372 g/mol. The largest absolute Gasteiger partial charge is 0.453 e. The summed E-state index contributed by atoms with van der Waals surface area (Å²) in [6.45, 7) is 3.91. The van der Waals surface area contributed by atoms with E-state index in [1.807, 2.05) is 48.6 Å². The number of pyridine rings is 1. The second kappa shape index (κ2) is 5.73. The molecule has 0 saturated carbocycles. The van der Waals surface area contributed by atoms with Gasteiger partial charge in [0.05, 0.1) is 15.0 Å². The molecule has 1 aromatic carbocycles. The Kier molecular flexibility index (Phi) is 4.24. The average Bonchev–Trinajstić information content (AvgIpc) is 2.37. The maximum atomic E-state index is 13.5. The number of ether oxygens (including phenoxy) is 1. The Labute approximate surface area is 125 Å². The van der Waals surface area contributed by atoms with Crippen LogP contribution >= 0.6 is 22.6 Å². The van der Waals surface area contributed by atoms with Crippen molar-refractivity contribution in [3.05, 3.63) is 45.0 Å². The summed E-state index contributed by atoms with van der Waals surface area (Å²) in [7, 11) is 0. The lowest BCUT2D eigenvalue weighted by Crippen LogP contribution is -1.99. The van der Waals surface area contributed by atoms with Gasteiger partial charge in [-0.1, -0.05) is 6.92 Å². The van der Waals surface area contributed by atoms with Gasteiger partial charge in [0.15, 0.2) is 5.75 Å². The van der Waals surface area contributed by atoms with Gasteiger partial charge >= 0.3 is 0 Å². The van der Waals surface area contributed by atoms with Crippen LogP contribution in [0, 0.1) is 16.3 Å². The van der Waals surface area contributed by atoms with Crippen LogP contribution in [-0.4, -0.2) is 4.98 Å². The summed E-state index contributed by atoms with van der Waals surface area (Å²) in [5.41, 5.74) is 8.01. The fourth-order valence-electron chi connectivity index (χ4n) is 1.69. The predicted octanol–water partition coefficient (Wildman–Crippen LogP) is 4.07. The van der Waals surface area contributed by atoms with Gasteiger partial charge in [-0.05, 0) is 54.1 Å². The lowest BCUT2D eigenvalue weighted by Gasteiger charge is -2.12. The SMILES string of the molecule is CCc1nc(C)ccc1Oc1cc(F)c(I)cc1N. The standard InChI is InChI=1S/C14H14FIN2O/c1-3-12-13(5-4-8(2)18-12)19-14-6-9(15)10(16)7-11(14)17/h4-7H,3,17H2,1-2H3. The van der Waals surface area contributed by atoms with Gasteiger partial charge in [0.25, 0.3) is 0 Å². The molecule has 2 rings (SSSR count). The normalized spacial score (nSPS) is 10.5. The molecular formula is C14H14FIN2O. The highest BCUT2D eigenvalue weighted by molar-refractivity contribution is 14.1. The summed E-state index contributed by atoms with van der Waals surface area (Å²) >= 11 is 1.89. The Hall–Kier alpha value is -1.37. The lowest BCUT2D eigenvalue weighted by atomic mass is 10.2. The van der Waals surface area contributed by atoms with Gasteiger partial charge in [-0.15, -0.1) is 0 Å². The number of hydrogen-bond donors (Lipinski definition) is 1. The van der Waals surface area contributed by atoms with Gasteiger partial charge in [0.2, 0.25) is 0 Å². The van der Waals surface area contributed by atoms with Crippen molar-refractivity contribution in [2.45, 2.75) is 20.3 Å². The van der Waals surface area contributed by atoms with E-state index in [4.69, 9.17) is 10.5 Å². The molecule has 0 aliphatic carbocycles. The van der Waals surface area contributed by atoms with Gasteiger partial charge in [-0.2, -0.15) is 0 Å². The zero-order valence-corrected chi connectivity index (χ0v) is 12.9. The van der Waals surface area contributed by atoms with E-state index in [1.165, 1.54) is 6.07 Å². The van der Waals surface area contributed by atoms with Crippen LogP contribution in [0.3, 0.4) is 0 Å². The number of hydrogen-bond acceptors (Lipinski definition) is 3. The van der Waals surface area contributed by atoms with Crippen molar-refractivity contribution in [2.75, 3.05) is 5.73 Å². The maximum absolute atomic E-state index is 13.5. The van der Waals surface area contributed by atoms with Crippen molar-refractivity contribution in [2.24, 2.45) is 0 Å². The Morgan fingerprint density at radius 1 is 1.32 bits per heavy atom. The molecule has 1 aromatic heterocycles. The van der Waals surface area contributed by atoms with Crippen LogP contribution in [0.15, 0.2) is 24.3 Å². The Balaban J connectivity index is 2.39. The second-order valence-corrected chi connectivity index (χ2v) is 5.32. The predicted molar refractivity (Wildman–Crippen MR) is 82.0 cm³/mol. The molecule has 0 bridgehead atoms. The summed E-state index contributed by atoms with van der Waals surface area (Å²) in [5, 5.41) is 0. The van der Waals surface area contributed by atoms with E-state index in [1.54, 1.807) is 6.07 Å². The third-order valence-corrected chi connectivity index (χ3v) is 3.51. The summed E-state index contributed by atoms with van der Waals surface area (Å²) in [6, 6.07) is 6.54. The highest BCUT2D eigenvalue weighted by Gasteiger charge is 2.11. The molecule has 2 N–H and O–H groups in total. The molecule has 1 heterocycles. The number of nitrogens with two attached hydrogens (primary N) is 1. The molecule has 2 aromatic rings. The van der Waals surface area contributed by atoms with E-state index in [-0.39, 0.29) is 5.82 Å². The molecule has 3 nitrogen and oxygen atoms in total. The highest BCUT2D eigenvalue weighted by Crippen LogP contribution is 2.32. The molecule has 100 valence electrons. The van der Waals surface area contributed by atoms with Crippen LogP contribution in [0.25, 0.3) is 0 Å². The molecule has 0 fully saturated rings. The highest BCUT2D eigenvalue weighted by atomic mass is 127. The van der Waals surface area contributed by atoms with Crippen LogP contribution in [0.5, 0.6) is 11.5 Å². The first-order valence-corrected chi connectivity index (χ1v) is 6.98. The fraction of sp³-hybridized carbons (Fsp3) is 0.214. The van der Waals surface area contributed by atoms with Crippen molar-refractivity contribution in [3.63, 3.8) is 0 Å². The van der Waals surface area contributed by atoms with Crippen LogP contribution in [0.1, 0.15) is 18.3 Å². The van der Waals surface area contributed by atoms with E-state index in [9.17, 15) is 4.39 Å². The summed E-state index contributed by atoms with van der Waals surface area (Å²) in [6.07, 6.45) is 0.740. The summed E-state index contributed by atoms with van der Waals surface area (Å²) in [4.78, 5) is 4.40. The lowest BCUT2D eigenvalue weighted by molar-refractivity contribution is 0.469. The fourth-order valence-corrected chi connectivity index (χ4v) is 2.19. The topological polar surface area (TPSA) is 48.1 Å². The third kappa shape index (κ3) is 3.15. The maximum Gasteiger partial charge on any atom is 0.153 e. The number of rotatable bonds is 3. The minimum absolute atomic E-state index is 0.318. The molecule has 0 radical (unpaired) electrons. The van der Waals surface area contributed by atoms with Crippen LogP contribution in [0.2, 0.25) is 0 Å². The summed E-state index contributed by atoms with van der Waals surface area (Å²) in [5.74, 6) is 0.585. The van der Waals surface area contributed by atoms with Gasteiger partial charge in [0.1, 0.15) is 11.6 Å². The minimum atomic E-state index is -0.345. The molecule has 0 spiro atoms. The zero-order valence-electron chi connectivity index (χ0n) is 10.7. The Bertz CT molecular complexity index is 617. The Morgan fingerprint density at radius 2 is 2.05 bits per heavy atom. The van der Waals surface area contributed by atoms with E-state index in [0.717, 1.165) is 17.8 Å². The molecule has 0 unspecified atom stereocenters. The van der Waals surface area contributed by atoms with Crippen LogP contribution < -0.4 is 10.5 Å². The van der Waals surface area contributed by atoms with Crippen LogP contribution in [-0.2, 0) is 6.42 Å². The molecular weight excluding hydrogens is 358 g/mol. The number of halogens is 2. The number of anilines is 1. The zero-order chi connectivity index (χ0) is 14.0. The van der Waals surface area contributed by atoms with Gasteiger partial charge in [-0.25, -0.2) is 4.39 Å². The van der Waals surface area contributed by atoms with Crippen LogP contribution in [0.4, 0.5) is 10.1 Å². The van der Waals surface area contributed by atoms with Crippen molar-refractivity contribution in [1.82, 2.24) is 4.98 Å². The van der Waals surface area contributed by atoms with E-state index in [0.29, 0.717) is 20.8 Å². The summed E-state index contributed by atoms with van der Waals surface area (Å²) < 4.78 is 19.7.